The highest BCUT2D eigenvalue weighted by atomic mass is 127. The zero-order chi connectivity index (χ0) is 13.1. The molecule has 0 aliphatic carbocycles. The van der Waals surface area contributed by atoms with E-state index in [1.165, 1.54) is 25.9 Å². The summed E-state index contributed by atoms with van der Waals surface area (Å²) in [6.07, 6.45) is 0. The van der Waals surface area contributed by atoms with Crippen LogP contribution in [0.1, 0.15) is 29.7 Å². The number of halogens is 1. The van der Waals surface area contributed by atoms with Crippen molar-refractivity contribution in [3.8, 4) is 0 Å². The van der Waals surface area contributed by atoms with E-state index in [9.17, 15) is 0 Å². The number of nitrogens with one attached hydrogen (secondary N) is 1. The fourth-order valence-corrected chi connectivity index (χ4v) is 2.28. The van der Waals surface area contributed by atoms with E-state index >= 15 is 0 Å². The van der Waals surface area contributed by atoms with E-state index < -0.39 is 0 Å². The molecular weight excluding hydrogens is 333 g/mol. The molecule has 0 saturated heterocycles. The number of rotatable bonds is 3. The van der Waals surface area contributed by atoms with Crippen LogP contribution in [0.25, 0.3) is 0 Å². The van der Waals surface area contributed by atoms with Gasteiger partial charge < -0.3 is 5.32 Å². The Morgan fingerprint density at radius 3 is 2.22 bits per heavy atom. The van der Waals surface area contributed by atoms with Gasteiger partial charge in [0, 0.05) is 15.3 Å². The lowest BCUT2D eigenvalue weighted by Crippen LogP contribution is -2.06. The van der Waals surface area contributed by atoms with Gasteiger partial charge in [0.15, 0.2) is 0 Å². The van der Waals surface area contributed by atoms with Crippen LogP contribution >= 0.6 is 22.6 Å². The molecule has 0 bridgehead atoms. The van der Waals surface area contributed by atoms with Crippen molar-refractivity contribution in [2.45, 2.75) is 26.8 Å². The first kappa shape index (κ1) is 13.4. The zero-order valence-corrected chi connectivity index (χ0v) is 13.2. The molecule has 2 aromatic rings. The van der Waals surface area contributed by atoms with E-state index in [1.807, 2.05) is 0 Å². The maximum atomic E-state index is 3.54. The molecule has 1 N–H and O–H groups in total. The molecule has 1 unspecified atom stereocenters. The van der Waals surface area contributed by atoms with Gasteiger partial charge in [0.1, 0.15) is 0 Å². The third-order valence-corrected chi connectivity index (χ3v) is 3.98. The maximum Gasteiger partial charge on any atom is 0.0485 e. The third-order valence-electron chi connectivity index (χ3n) is 3.26. The van der Waals surface area contributed by atoms with Crippen molar-refractivity contribution >= 4 is 28.3 Å². The Hall–Kier alpha value is -1.03. The molecule has 0 aliphatic heterocycles. The van der Waals surface area contributed by atoms with Crippen LogP contribution < -0.4 is 5.32 Å². The lowest BCUT2D eigenvalue weighted by molar-refractivity contribution is 0.884. The smallest absolute Gasteiger partial charge is 0.0485 e. The van der Waals surface area contributed by atoms with Crippen LogP contribution in [0.2, 0.25) is 0 Å². The monoisotopic (exact) mass is 351 g/mol. The third kappa shape index (κ3) is 3.25. The van der Waals surface area contributed by atoms with E-state index in [1.54, 1.807) is 0 Å². The summed E-state index contributed by atoms with van der Waals surface area (Å²) in [7, 11) is 0. The number of hydrogen-bond acceptors (Lipinski definition) is 1. The molecule has 2 aromatic carbocycles. The van der Waals surface area contributed by atoms with Gasteiger partial charge in [-0.3, -0.25) is 0 Å². The van der Waals surface area contributed by atoms with Crippen molar-refractivity contribution in [2.75, 3.05) is 5.32 Å². The summed E-state index contributed by atoms with van der Waals surface area (Å²) in [5, 5.41) is 3.54. The Morgan fingerprint density at radius 2 is 1.61 bits per heavy atom. The first-order chi connectivity index (χ1) is 8.56. The Labute approximate surface area is 123 Å². The summed E-state index contributed by atoms with van der Waals surface area (Å²) in [4.78, 5) is 0. The Morgan fingerprint density at radius 1 is 0.944 bits per heavy atom. The molecule has 0 aromatic heterocycles. The molecule has 0 aliphatic rings. The van der Waals surface area contributed by atoms with Crippen LogP contribution in [0.15, 0.2) is 42.5 Å². The van der Waals surface area contributed by atoms with Gasteiger partial charge in [0.2, 0.25) is 0 Å². The van der Waals surface area contributed by atoms with E-state index in [2.05, 4.69) is 91.1 Å². The normalized spacial score (nSPS) is 12.2. The molecule has 0 saturated carbocycles. The van der Waals surface area contributed by atoms with Gasteiger partial charge in [-0.25, -0.2) is 0 Å². The molecule has 0 fully saturated rings. The zero-order valence-electron chi connectivity index (χ0n) is 11.0. The molecule has 0 radical (unpaired) electrons. The molecule has 2 rings (SSSR count). The molecule has 1 nitrogen and oxygen atoms in total. The van der Waals surface area contributed by atoms with Gasteiger partial charge >= 0.3 is 0 Å². The lowest BCUT2D eigenvalue weighted by Gasteiger charge is -2.16. The largest absolute Gasteiger partial charge is 0.379 e. The summed E-state index contributed by atoms with van der Waals surface area (Å²) in [5.74, 6) is 0. The van der Waals surface area contributed by atoms with Gasteiger partial charge in [-0.05, 0) is 84.3 Å². The number of benzene rings is 2. The summed E-state index contributed by atoms with van der Waals surface area (Å²) in [6, 6.07) is 15.5. The number of hydrogen-bond donors (Lipinski definition) is 1. The van der Waals surface area contributed by atoms with Crippen LogP contribution in [0.5, 0.6) is 0 Å². The first-order valence-corrected chi connectivity index (χ1v) is 7.23. The van der Waals surface area contributed by atoms with Crippen molar-refractivity contribution in [3.63, 3.8) is 0 Å². The highest BCUT2D eigenvalue weighted by molar-refractivity contribution is 14.1. The van der Waals surface area contributed by atoms with Crippen molar-refractivity contribution in [1.82, 2.24) is 0 Å². The predicted molar refractivity (Wildman–Crippen MR) is 87.1 cm³/mol. The Bertz CT molecular complexity index is 531. The quantitative estimate of drug-likeness (QED) is 0.761. The minimum absolute atomic E-state index is 0.323. The van der Waals surface area contributed by atoms with Crippen LogP contribution in [0, 0.1) is 17.4 Å². The molecular formula is C16H18IN. The maximum absolute atomic E-state index is 3.54. The van der Waals surface area contributed by atoms with Crippen molar-refractivity contribution < 1.29 is 0 Å². The average Bonchev–Trinajstić information content (AvgIpc) is 2.34. The molecule has 2 heteroatoms. The van der Waals surface area contributed by atoms with Crippen molar-refractivity contribution in [1.29, 1.82) is 0 Å². The van der Waals surface area contributed by atoms with Crippen LogP contribution in [-0.2, 0) is 0 Å². The van der Waals surface area contributed by atoms with Crippen LogP contribution in [0.3, 0.4) is 0 Å². The predicted octanol–water partition coefficient (Wildman–Crippen LogP) is 5.08. The summed E-state index contributed by atoms with van der Waals surface area (Å²) in [6.45, 7) is 6.48. The average molecular weight is 351 g/mol. The number of aryl methyl sites for hydroxylation is 2. The molecule has 0 amide bonds. The van der Waals surface area contributed by atoms with Crippen molar-refractivity contribution in [3.05, 3.63) is 62.7 Å². The molecule has 18 heavy (non-hydrogen) atoms. The molecule has 94 valence electrons. The van der Waals surface area contributed by atoms with Crippen molar-refractivity contribution in [2.24, 2.45) is 0 Å². The van der Waals surface area contributed by atoms with E-state index in [0.29, 0.717) is 6.04 Å². The molecule has 0 spiro atoms. The first-order valence-electron chi connectivity index (χ1n) is 6.15. The molecule has 0 heterocycles. The Kier molecular flexibility index (Phi) is 4.27. The van der Waals surface area contributed by atoms with E-state index in [4.69, 9.17) is 0 Å². The fourth-order valence-electron chi connectivity index (χ4n) is 1.92. The minimum Gasteiger partial charge on any atom is -0.379 e. The number of anilines is 1. The van der Waals surface area contributed by atoms with Crippen LogP contribution in [-0.4, -0.2) is 0 Å². The van der Waals surface area contributed by atoms with Gasteiger partial charge in [-0.15, -0.1) is 0 Å². The molecule has 1 atom stereocenters. The summed E-state index contributed by atoms with van der Waals surface area (Å²) in [5.41, 5.74) is 5.16. The minimum atomic E-state index is 0.323. The van der Waals surface area contributed by atoms with Gasteiger partial charge in [0.05, 0.1) is 0 Å². The second-order valence-electron chi connectivity index (χ2n) is 4.72. The lowest BCUT2D eigenvalue weighted by atomic mass is 10.1. The second kappa shape index (κ2) is 5.74. The second-order valence-corrected chi connectivity index (χ2v) is 5.96. The van der Waals surface area contributed by atoms with Gasteiger partial charge in [0.25, 0.3) is 0 Å². The standard InChI is InChI=1S/C16H18IN/c1-11-4-9-16(10-12(11)2)18-13(3)14-5-7-15(17)8-6-14/h4-10,13,18H,1-3H3. The summed E-state index contributed by atoms with van der Waals surface area (Å²) >= 11 is 2.33. The van der Waals surface area contributed by atoms with Gasteiger partial charge in [-0.1, -0.05) is 18.2 Å². The van der Waals surface area contributed by atoms with E-state index in [-0.39, 0.29) is 0 Å². The highest BCUT2D eigenvalue weighted by Crippen LogP contribution is 2.21. The Balaban J connectivity index is 2.13. The van der Waals surface area contributed by atoms with Crippen LogP contribution in [0.4, 0.5) is 5.69 Å². The summed E-state index contributed by atoms with van der Waals surface area (Å²) < 4.78 is 1.27. The SMILES string of the molecule is Cc1ccc(NC(C)c2ccc(I)cc2)cc1C. The van der Waals surface area contributed by atoms with E-state index in [0.717, 1.165) is 0 Å². The fraction of sp³-hybridized carbons (Fsp3) is 0.250. The topological polar surface area (TPSA) is 12.0 Å². The van der Waals surface area contributed by atoms with Gasteiger partial charge in [-0.2, -0.15) is 0 Å². The highest BCUT2D eigenvalue weighted by Gasteiger charge is 2.05.